The van der Waals surface area contributed by atoms with Gasteiger partial charge in [0, 0.05) is 30.2 Å². The Hall–Kier alpha value is -2.33. The SMILES string of the molecule is Clc1cc(-c2ccccn2)nc(-c2cccnc2)n1. The van der Waals surface area contributed by atoms with Gasteiger partial charge in [-0.3, -0.25) is 9.97 Å². The lowest BCUT2D eigenvalue weighted by Crippen LogP contribution is -1.94. The first-order valence-corrected chi connectivity index (χ1v) is 6.07. The number of halogens is 1. The van der Waals surface area contributed by atoms with Crippen molar-refractivity contribution in [2.75, 3.05) is 0 Å². The van der Waals surface area contributed by atoms with Gasteiger partial charge >= 0.3 is 0 Å². The monoisotopic (exact) mass is 268 g/mol. The van der Waals surface area contributed by atoms with Crippen LogP contribution in [0.4, 0.5) is 0 Å². The van der Waals surface area contributed by atoms with Crippen LogP contribution in [0.5, 0.6) is 0 Å². The van der Waals surface area contributed by atoms with E-state index in [-0.39, 0.29) is 0 Å². The molecular formula is C14H9ClN4. The average molecular weight is 269 g/mol. The zero-order chi connectivity index (χ0) is 13.1. The fourth-order valence-electron chi connectivity index (χ4n) is 1.69. The van der Waals surface area contributed by atoms with Crippen LogP contribution in [0.25, 0.3) is 22.8 Å². The minimum Gasteiger partial charge on any atom is -0.264 e. The molecule has 5 heteroatoms. The Morgan fingerprint density at radius 2 is 1.84 bits per heavy atom. The Morgan fingerprint density at radius 1 is 0.895 bits per heavy atom. The molecule has 92 valence electrons. The summed E-state index contributed by atoms with van der Waals surface area (Å²) in [5, 5.41) is 0.384. The molecule has 0 saturated carbocycles. The Morgan fingerprint density at radius 3 is 2.58 bits per heavy atom. The van der Waals surface area contributed by atoms with Crippen LogP contribution in [-0.2, 0) is 0 Å². The second kappa shape index (κ2) is 5.12. The highest BCUT2D eigenvalue weighted by Gasteiger charge is 2.08. The second-order valence-corrected chi connectivity index (χ2v) is 4.24. The van der Waals surface area contributed by atoms with E-state index in [1.807, 2.05) is 30.3 Å². The predicted molar refractivity (Wildman–Crippen MR) is 73.5 cm³/mol. The van der Waals surface area contributed by atoms with Crippen molar-refractivity contribution < 1.29 is 0 Å². The minimum absolute atomic E-state index is 0.384. The van der Waals surface area contributed by atoms with Gasteiger partial charge in [0.2, 0.25) is 0 Å². The lowest BCUT2D eigenvalue weighted by atomic mass is 10.2. The molecule has 3 heterocycles. The topological polar surface area (TPSA) is 51.6 Å². The Bertz CT molecular complexity index is 629. The summed E-state index contributed by atoms with van der Waals surface area (Å²) in [5.41, 5.74) is 2.28. The summed E-state index contributed by atoms with van der Waals surface area (Å²) in [7, 11) is 0. The third kappa shape index (κ3) is 2.58. The lowest BCUT2D eigenvalue weighted by Gasteiger charge is -2.04. The quantitative estimate of drug-likeness (QED) is 0.670. The van der Waals surface area contributed by atoms with Gasteiger partial charge in [-0.2, -0.15) is 0 Å². The molecule has 0 amide bonds. The van der Waals surface area contributed by atoms with Crippen LogP contribution in [0.3, 0.4) is 0 Å². The van der Waals surface area contributed by atoms with Crippen molar-refractivity contribution in [3.63, 3.8) is 0 Å². The summed E-state index contributed by atoms with van der Waals surface area (Å²) in [4.78, 5) is 17.0. The van der Waals surface area contributed by atoms with E-state index in [4.69, 9.17) is 11.6 Å². The van der Waals surface area contributed by atoms with Gasteiger partial charge in [-0.25, -0.2) is 9.97 Å². The van der Waals surface area contributed by atoms with Gasteiger partial charge in [0.1, 0.15) is 5.15 Å². The minimum atomic E-state index is 0.384. The van der Waals surface area contributed by atoms with Gasteiger partial charge in [-0.1, -0.05) is 17.7 Å². The van der Waals surface area contributed by atoms with Gasteiger partial charge in [0.15, 0.2) is 5.82 Å². The molecule has 0 aliphatic heterocycles. The molecule has 4 nitrogen and oxygen atoms in total. The van der Waals surface area contributed by atoms with Crippen molar-refractivity contribution in [2.24, 2.45) is 0 Å². The second-order valence-electron chi connectivity index (χ2n) is 3.86. The molecule has 0 N–H and O–H groups in total. The van der Waals surface area contributed by atoms with Crippen LogP contribution in [0.15, 0.2) is 55.0 Å². The van der Waals surface area contributed by atoms with E-state index in [0.29, 0.717) is 16.7 Å². The van der Waals surface area contributed by atoms with Gasteiger partial charge in [-0.05, 0) is 24.3 Å². The largest absolute Gasteiger partial charge is 0.264 e. The number of nitrogens with zero attached hydrogens (tertiary/aromatic N) is 4. The molecule has 0 saturated heterocycles. The summed E-state index contributed by atoms with van der Waals surface area (Å²) in [6.45, 7) is 0. The van der Waals surface area contributed by atoms with Crippen LogP contribution < -0.4 is 0 Å². The highest BCUT2D eigenvalue weighted by molar-refractivity contribution is 6.29. The van der Waals surface area contributed by atoms with Gasteiger partial charge in [-0.15, -0.1) is 0 Å². The van der Waals surface area contributed by atoms with Crippen LogP contribution in [-0.4, -0.2) is 19.9 Å². The summed E-state index contributed by atoms with van der Waals surface area (Å²) in [6, 6.07) is 11.1. The Kier molecular flexibility index (Phi) is 3.16. The van der Waals surface area contributed by atoms with Crippen LogP contribution in [0.1, 0.15) is 0 Å². The van der Waals surface area contributed by atoms with Crippen molar-refractivity contribution in [3.8, 4) is 22.8 Å². The van der Waals surface area contributed by atoms with Crippen molar-refractivity contribution >= 4 is 11.6 Å². The molecule has 0 aliphatic rings. The van der Waals surface area contributed by atoms with Crippen molar-refractivity contribution in [2.45, 2.75) is 0 Å². The third-order valence-corrected chi connectivity index (χ3v) is 2.74. The first-order valence-electron chi connectivity index (χ1n) is 5.69. The van der Waals surface area contributed by atoms with E-state index in [9.17, 15) is 0 Å². The van der Waals surface area contributed by atoms with E-state index in [0.717, 1.165) is 11.3 Å². The number of aromatic nitrogens is 4. The number of hydrogen-bond donors (Lipinski definition) is 0. The smallest absolute Gasteiger partial charge is 0.163 e. The number of pyridine rings is 2. The Balaban J connectivity index is 2.12. The van der Waals surface area contributed by atoms with Gasteiger partial charge < -0.3 is 0 Å². The van der Waals surface area contributed by atoms with E-state index in [1.54, 1.807) is 24.7 Å². The zero-order valence-electron chi connectivity index (χ0n) is 9.86. The molecule has 0 aromatic carbocycles. The fourth-order valence-corrected chi connectivity index (χ4v) is 1.87. The maximum Gasteiger partial charge on any atom is 0.163 e. The maximum absolute atomic E-state index is 6.05. The van der Waals surface area contributed by atoms with E-state index in [1.165, 1.54) is 0 Å². The first kappa shape index (κ1) is 11.7. The zero-order valence-corrected chi connectivity index (χ0v) is 10.6. The molecule has 3 rings (SSSR count). The lowest BCUT2D eigenvalue weighted by molar-refractivity contribution is 1.15. The molecule has 0 radical (unpaired) electrons. The summed E-state index contributed by atoms with van der Waals surface area (Å²) in [6.07, 6.45) is 5.12. The molecular weight excluding hydrogens is 260 g/mol. The molecule has 19 heavy (non-hydrogen) atoms. The molecule has 0 atom stereocenters. The molecule has 0 spiro atoms. The predicted octanol–water partition coefficient (Wildman–Crippen LogP) is 3.25. The van der Waals surface area contributed by atoms with Gasteiger partial charge in [0.25, 0.3) is 0 Å². The summed E-state index contributed by atoms with van der Waals surface area (Å²) >= 11 is 6.05. The van der Waals surface area contributed by atoms with E-state index < -0.39 is 0 Å². The van der Waals surface area contributed by atoms with Crippen LogP contribution >= 0.6 is 11.6 Å². The number of rotatable bonds is 2. The molecule has 0 bridgehead atoms. The average Bonchev–Trinajstić information content (AvgIpc) is 2.48. The molecule has 0 unspecified atom stereocenters. The molecule has 0 fully saturated rings. The number of hydrogen-bond acceptors (Lipinski definition) is 4. The normalized spacial score (nSPS) is 10.4. The highest BCUT2D eigenvalue weighted by atomic mass is 35.5. The van der Waals surface area contributed by atoms with Crippen molar-refractivity contribution in [1.29, 1.82) is 0 Å². The highest BCUT2D eigenvalue weighted by Crippen LogP contribution is 2.22. The van der Waals surface area contributed by atoms with Crippen LogP contribution in [0, 0.1) is 0 Å². The molecule has 3 aromatic heterocycles. The Labute approximate surface area is 115 Å². The van der Waals surface area contributed by atoms with E-state index >= 15 is 0 Å². The molecule has 0 aliphatic carbocycles. The first-order chi connectivity index (χ1) is 9.33. The summed E-state index contributed by atoms with van der Waals surface area (Å²) in [5.74, 6) is 0.543. The third-order valence-electron chi connectivity index (χ3n) is 2.54. The van der Waals surface area contributed by atoms with E-state index in [2.05, 4.69) is 19.9 Å². The van der Waals surface area contributed by atoms with Gasteiger partial charge in [0.05, 0.1) is 11.4 Å². The van der Waals surface area contributed by atoms with Crippen molar-refractivity contribution in [3.05, 3.63) is 60.1 Å². The standard InChI is InChI=1S/C14H9ClN4/c15-13-8-12(11-5-1-2-7-17-11)18-14(19-13)10-4-3-6-16-9-10/h1-9H. The fraction of sp³-hybridized carbons (Fsp3) is 0. The molecule has 3 aromatic rings. The summed E-state index contributed by atoms with van der Waals surface area (Å²) < 4.78 is 0. The maximum atomic E-state index is 6.05. The van der Waals surface area contributed by atoms with Crippen LogP contribution in [0.2, 0.25) is 5.15 Å². The van der Waals surface area contributed by atoms with Crippen molar-refractivity contribution in [1.82, 2.24) is 19.9 Å².